The molecule has 0 aromatic carbocycles. The summed E-state index contributed by atoms with van der Waals surface area (Å²) in [4.78, 5) is 33.7. The van der Waals surface area contributed by atoms with Gasteiger partial charge in [-0.25, -0.2) is 4.98 Å². The molecule has 1 saturated heterocycles. The Morgan fingerprint density at radius 3 is 2.73 bits per heavy atom. The number of alkyl halides is 3. The third-order valence-electron chi connectivity index (χ3n) is 4.68. The summed E-state index contributed by atoms with van der Waals surface area (Å²) < 4.78 is 43.7. The Balaban J connectivity index is 1.78. The van der Waals surface area contributed by atoms with Crippen LogP contribution in [0, 0.1) is 0 Å². The second-order valence-electron chi connectivity index (χ2n) is 6.85. The lowest BCUT2D eigenvalue weighted by molar-refractivity contribution is -0.173. The number of nitrogens with one attached hydrogen (secondary N) is 2. The number of imidazole rings is 1. The molecule has 3 heterocycles. The fourth-order valence-corrected chi connectivity index (χ4v) is 3.27. The van der Waals surface area contributed by atoms with E-state index in [0.29, 0.717) is 12.2 Å². The van der Waals surface area contributed by atoms with Gasteiger partial charge in [0.1, 0.15) is 18.2 Å². The van der Waals surface area contributed by atoms with Crippen molar-refractivity contribution < 1.29 is 32.9 Å². The first-order valence-electron chi connectivity index (χ1n) is 9.17. The van der Waals surface area contributed by atoms with Gasteiger partial charge >= 0.3 is 12.1 Å². The number of nitrogen functional groups attached to an aromatic ring is 1. The zero-order valence-electron chi connectivity index (χ0n) is 15.6. The molecule has 0 saturated carbocycles. The Labute approximate surface area is 167 Å². The number of H-pyrrole nitrogens is 1. The average molecular weight is 434 g/mol. The van der Waals surface area contributed by atoms with Gasteiger partial charge in [-0.2, -0.15) is 18.2 Å². The van der Waals surface area contributed by atoms with Crippen LogP contribution in [0.4, 0.5) is 19.1 Å². The van der Waals surface area contributed by atoms with Crippen molar-refractivity contribution in [3.8, 4) is 0 Å². The van der Waals surface area contributed by atoms with Crippen molar-refractivity contribution in [3.05, 3.63) is 16.2 Å². The number of rotatable bonds is 7. The summed E-state index contributed by atoms with van der Waals surface area (Å²) in [6, 6.07) is 0. The number of hydrogen-bond donors (Lipinski definition) is 5. The van der Waals surface area contributed by atoms with E-state index in [0.717, 1.165) is 0 Å². The summed E-state index contributed by atoms with van der Waals surface area (Å²) in [5, 5.41) is 21.1. The number of nitrogens with zero attached hydrogens (tertiary/aromatic N) is 3. The Kier molecular flexibility index (Phi) is 6.28. The van der Waals surface area contributed by atoms with Crippen LogP contribution in [0.2, 0.25) is 0 Å². The Morgan fingerprint density at radius 2 is 2.10 bits per heavy atom. The van der Waals surface area contributed by atoms with E-state index in [1.54, 1.807) is 5.32 Å². The molecule has 1 aliphatic heterocycles. The third-order valence-corrected chi connectivity index (χ3v) is 4.68. The lowest BCUT2D eigenvalue weighted by Crippen LogP contribution is -2.37. The molecular weight excluding hydrogens is 413 g/mol. The van der Waals surface area contributed by atoms with Gasteiger partial charge in [-0.05, 0) is 12.8 Å². The van der Waals surface area contributed by atoms with Crippen LogP contribution in [0.1, 0.15) is 31.3 Å². The summed E-state index contributed by atoms with van der Waals surface area (Å²) in [6.07, 6.45) is -6.56. The number of anilines is 1. The highest BCUT2D eigenvalue weighted by Gasteiger charge is 2.38. The molecule has 1 amide bonds. The standard InChI is InChI=1S/C16H21F3N6O5/c17-16(18,19)14(29)21-4-2-1-3-9-22-11-12(23-15(20)24-13(11)28)25(9)10-5-7(27)8(6-26)30-10/h7-8,10,26-27H,1-6H2,(H,21,29)(H3,20,23,24,28)/t7-,8+,10+/m0/s1. The maximum Gasteiger partial charge on any atom is 0.471 e. The Hall–Kier alpha value is -2.71. The molecule has 14 heteroatoms. The first-order valence-corrected chi connectivity index (χ1v) is 9.17. The van der Waals surface area contributed by atoms with E-state index in [1.165, 1.54) is 4.57 Å². The molecule has 166 valence electrons. The molecule has 0 unspecified atom stereocenters. The highest BCUT2D eigenvalue weighted by atomic mass is 19.4. The number of halogens is 3. The quantitative estimate of drug-likeness (QED) is 0.358. The molecule has 0 aliphatic carbocycles. The van der Waals surface area contributed by atoms with Gasteiger partial charge in [0, 0.05) is 19.4 Å². The molecule has 0 bridgehead atoms. The zero-order valence-corrected chi connectivity index (χ0v) is 15.6. The van der Waals surface area contributed by atoms with E-state index < -0.39 is 42.7 Å². The molecule has 6 N–H and O–H groups in total. The van der Waals surface area contributed by atoms with Gasteiger partial charge in [0.15, 0.2) is 11.2 Å². The van der Waals surface area contributed by atoms with Crippen LogP contribution in [0.3, 0.4) is 0 Å². The fraction of sp³-hybridized carbons (Fsp3) is 0.625. The van der Waals surface area contributed by atoms with E-state index in [4.69, 9.17) is 10.5 Å². The number of unbranched alkanes of at least 4 members (excludes halogenated alkanes) is 1. The van der Waals surface area contributed by atoms with Crippen molar-refractivity contribution in [2.45, 2.75) is 50.3 Å². The normalized spacial score (nSPS) is 22.0. The number of nitrogens with two attached hydrogens (primary N) is 1. The van der Waals surface area contributed by atoms with Crippen molar-refractivity contribution >= 4 is 23.0 Å². The lowest BCUT2D eigenvalue weighted by Gasteiger charge is -2.17. The average Bonchev–Trinajstić information content (AvgIpc) is 3.20. The first-order chi connectivity index (χ1) is 14.1. The number of aromatic nitrogens is 4. The number of aliphatic hydroxyl groups excluding tert-OH is 2. The van der Waals surface area contributed by atoms with Crippen molar-refractivity contribution in [2.24, 2.45) is 0 Å². The molecule has 2 aromatic rings. The van der Waals surface area contributed by atoms with Crippen LogP contribution in [-0.2, 0) is 16.0 Å². The molecule has 3 rings (SSSR count). The van der Waals surface area contributed by atoms with E-state index in [2.05, 4.69) is 15.0 Å². The van der Waals surface area contributed by atoms with Crippen molar-refractivity contribution in [1.29, 1.82) is 0 Å². The molecular formula is C16H21F3N6O5. The van der Waals surface area contributed by atoms with Gasteiger partial charge < -0.3 is 26.0 Å². The van der Waals surface area contributed by atoms with Gasteiger partial charge in [0.2, 0.25) is 5.95 Å². The number of fused-ring (bicyclic) bond motifs is 1. The Bertz CT molecular complexity index is 975. The number of hydrogen-bond acceptors (Lipinski definition) is 8. The van der Waals surface area contributed by atoms with Crippen molar-refractivity contribution in [2.75, 3.05) is 18.9 Å². The van der Waals surface area contributed by atoms with Crippen LogP contribution >= 0.6 is 0 Å². The van der Waals surface area contributed by atoms with Gasteiger partial charge in [-0.15, -0.1) is 0 Å². The minimum absolute atomic E-state index is 0.00453. The van der Waals surface area contributed by atoms with Crippen molar-refractivity contribution in [1.82, 2.24) is 24.8 Å². The van der Waals surface area contributed by atoms with E-state index in [-0.39, 0.29) is 42.9 Å². The molecule has 0 radical (unpaired) electrons. The summed E-state index contributed by atoms with van der Waals surface area (Å²) in [5.74, 6) is -1.80. The summed E-state index contributed by atoms with van der Waals surface area (Å²) >= 11 is 0. The molecule has 1 aliphatic rings. The maximum atomic E-state index is 12.2. The van der Waals surface area contributed by atoms with E-state index in [9.17, 15) is 33.0 Å². The minimum Gasteiger partial charge on any atom is -0.394 e. The minimum atomic E-state index is -4.94. The lowest BCUT2D eigenvalue weighted by atomic mass is 10.2. The molecule has 3 atom stereocenters. The fourth-order valence-electron chi connectivity index (χ4n) is 3.27. The number of amides is 1. The Morgan fingerprint density at radius 1 is 1.37 bits per heavy atom. The molecule has 11 nitrogen and oxygen atoms in total. The molecule has 2 aromatic heterocycles. The zero-order chi connectivity index (χ0) is 22.1. The predicted octanol–water partition coefficient (Wildman–Crippen LogP) is -0.656. The topological polar surface area (TPSA) is 168 Å². The number of aromatic amines is 1. The smallest absolute Gasteiger partial charge is 0.394 e. The van der Waals surface area contributed by atoms with Crippen LogP contribution in [0.5, 0.6) is 0 Å². The van der Waals surface area contributed by atoms with Gasteiger partial charge in [0.05, 0.1) is 12.7 Å². The van der Waals surface area contributed by atoms with Crippen molar-refractivity contribution in [3.63, 3.8) is 0 Å². The van der Waals surface area contributed by atoms with Crippen LogP contribution in [-0.4, -0.2) is 67.2 Å². The number of carbonyl (C=O) groups is 1. The molecule has 30 heavy (non-hydrogen) atoms. The highest BCUT2D eigenvalue weighted by molar-refractivity contribution is 5.81. The SMILES string of the molecule is Nc1nc2c(nc(CCCCNC(=O)C(F)(F)F)n2[C@H]2C[C@H](O)[C@@H](CO)O2)c(=O)[nH]1. The van der Waals surface area contributed by atoms with E-state index in [1.807, 2.05) is 0 Å². The summed E-state index contributed by atoms with van der Waals surface area (Å²) in [7, 11) is 0. The maximum absolute atomic E-state index is 12.2. The summed E-state index contributed by atoms with van der Waals surface area (Å²) in [6.45, 7) is -0.593. The predicted molar refractivity (Wildman–Crippen MR) is 96.2 cm³/mol. The molecule has 0 spiro atoms. The largest absolute Gasteiger partial charge is 0.471 e. The third kappa shape index (κ3) is 4.55. The summed E-state index contributed by atoms with van der Waals surface area (Å²) in [5.41, 5.74) is 5.17. The van der Waals surface area contributed by atoms with Crippen LogP contribution < -0.4 is 16.6 Å². The molecule has 1 fully saturated rings. The second-order valence-corrected chi connectivity index (χ2v) is 6.85. The number of aliphatic hydroxyl groups is 2. The monoisotopic (exact) mass is 434 g/mol. The van der Waals surface area contributed by atoms with E-state index >= 15 is 0 Å². The number of carbonyl (C=O) groups excluding carboxylic acids is 1. The van der Waals surface area contributed by atoms with Gasteiger partial charge in [-0.3, -0.25) is 19.1 Å². The van der Waals surface area contributed by atoms with Crippen LogP contribution in [0.25, 0.3) is 11.2 Å². The van der Waals surface area contributed by atoms with Crippen LogP contribution in [0.15, 0.2) is 4.79 Å². The highest BCUT2D eigenvalue weighted by Crippen LogP contribution is 2.32. The number of ether oxygens (including phenoxy) is 1. The van der Waals surface area contributed by atoms with Gasteiger partial charge in [-0.1, -0.05) is 0 Å². The number of aryl methyl sites for hydroxylation is 1. The van der Waals surface area contributed by atoms with Gasteiger partial charge in [0.25, 0.3) is 5.56 Å². The second kappa shape index (κ2) is 8.57. The first kappa shape index (κ1) is 22.0.